The van der Waals surface area contributed by atoms with Gasteiger partial charge in [0.1, 0.15) is 0 Å². The van der Waals surface area contributed by atoms with Gasteiger partial charge in [0.25, 0.3) is 11.6 Å². The van der Waals surface area contributed by atoms with Gasteiger partial charge in [0.15, 0.2) is 5.72 Å². The largest absolute Gasteiger partial charge is 0.366 e. The van der Waals surface area contributed by atoms with E-state index in [2.05, 4.69) is 0 Å². The molecule has 0 bridgehead atoms. The van der Waals surface area contributed by atoms with Crippen molar-refractivity contribution in [1.82, 2.24) is 0 Å². The molecule has 94 valence electrons. The van der Waals surface area contributed by atoms with Gasteiger partial charge in [0, 0.05) is 27.5 Å². The number of nitro groups is 1. The van der Waals surface area contributed by atoms with Crippen LogP contribution in [0, 0.1) is 10.1 Å². The van der Waals surface area contributed by atoms with Crippen molar-refractivity contribution >= 4 is 39.9 Å². The molecule has 0 radical (unpaired) electrons. The van der Waals surface area contributed by atoms with E-state index in [0.717, 1.165) is 0 Å². The number of anilines is 1. The first-order valence-electron chi connectivity index (χ1n) is 5.03. The number of carbonyl (C=O) groups is 1. The van der Waals surface area contributed by atoms with Crippen LogP contribution in [0.4, 0.5) is 11.4 Å². The van der Waals surface area contributed by atoms with Crippen LogP contribution in [0.3, 0.4) is 0 Å². The van der Waals surface area contributed by atoms with E-state index in [4.69, 9.17) is 0 Å². The molecule has 1 heterocycles. The predicted molar refractivity (Wildman–Crippen MR) is 73.3 cm³/mol. The van der Waals surface area contributed by atoms with Crippen molar-refractivity contribution in [1.29, 1.82) is 0 Å². The lowest BCUT2D eigenvalue weighted by atomic mass is 10.2. The summed E-state index contributed by atoms with van der Waals surface area (Å²) in [4.78, 5) is 23.0. The third kappa shape index (κ3) is 1.99. The molecule has 0 saturated heterocycles. The predicted octanol–water partition coefficient (Wildman–Crippen LogP) is 1.97. The van der Waals surface area contributed by atoms with Crippen molar-refractivity contribution in [3.8, 4) is 0 Å². The molecule has 1 aliphatic heterocycles. The molecule has 0 saturated carbocycles. The zero-order chi connectivity index (χ0) is 13.5. The highest BCUT2D eigenvalue weighted by Gasteiger charge is 2.42. The van der Waals surface area contributed by atoms with Gasteiger partial charge in [0.05, 0.1) is 4.92 Å². The van der Waals surface area contributed by atoms with Gasteiger partial charge < -0.3 is 5.11 Å². The molecule has 1 atom stereocenters. The minimum atomic E-state index is -1.41. The maximum absolute atomic E-state index is 11.8. The molecule has 0 aliphatic carbocycles. The summed E-state index contributed by atoms with van der Waals surface area (Å²) < 4.78 is 0.503. The summed E-state index contributed by atoms with van der Waals surface area (Å²) in [7, 11) is 0. The number of rotatable bonds is 2. The number of amides is 1. The summed E-state index contributed by atoms with van der Waals surface area (Å²) in [6.45, 7) is 1.50. The van der Waals surface area contributed by atoms with E-state index >= 15 is 0 Å². The highest BCUT2D eigenvalue weighted by atomic mass is 127. The van der Waals surface area contributed by atoms with E-state index in [9.17, 15) is 20.0 Å². The van der Waals surface area contributed by atoms with E-state index in [1.54, 1.807) is 0 Å². The molecule has 0 spiro atoms. The van der Waals surface area contributed by atoms with E-state index in [1.807, 2.05) is 22.6 Å². The van der Waals surface area contributed by atoms with Gasteiger partial charge in [-0.2, -0.15) is 0 Å². The number of nitro benzene ring substituents is 1. The van der Waals surface area contributed by atoms with Crippen LogP contribution < -0.4 is 4.90 Å². The lowest BCUT2D eigenvalue weighted by molar-refractivity contribution is -0.384. The highest BCUT2D eigenvalue weighted by molar-refractivity contribution is 14.1. The van der Waals surface area contributed by atoms with E-state index in [0.29, 0.717) is 9.27 Å². The molecule has 0 fully saturated rings. The third-order valence-corrected chi connectivity index (χ3v) is 4.01. The van der Waals surface area contributed by atoms with Crippen molar-refractivity contribution in [3.05, 3.63) is 44.0 Å². The summed E-state index contributed by atoms with van der Waals surface area (Å²) in [5, 5.41) is 20.8. The first-order chi connectivity index (χ1) is 8.34. The van der Waals surface area contributed by atoms with Crippen LogP contribution in [-0.2, 0) is 4.79 Å². The molecular weight excluding hydrogens is 351 g/mol. The molecular formula is C11H9IN2O4. The Kier molecular flexibility index (Phi) is 3.11. The standard InChI is InChI=1S/C11H9IN2O4/c1-11(16)9(12)6-10(15)13(11)7-2-4-8(5-3-7)14(17)18/h2-6,16H,1H3/t11-/m0/s1. The second-order valence-corrected chi connectivity index (χ2v) is 5.12. The van der Waals surface area contributed by atoms with Crippen molar-refractivity contribution in [2.75, 3.05) is 4.90 Å². The Labute approximate surface area is 116 Å². The number of hydrogen-bond donors (Lipinski definition) is 1. The SMILES string of the molecule is C[C@]1(O)C(I)=CC(=O)N1c1ccc([N+](=O)[O-])cc1. The lowest BCUT2D eigenvalue weighted by Crippen LogP contribution is -2.45. The monoisotopic (exact) mass is 360 g/mol. The third-order valence-electron chi connectivity index (χ3n) is 2.68. The molecule has 7 heteroatoms. The van der Waals surface area contributed by atoms with Crippen LogP contribution in [0.15, 0.2) is 33.9 Å². The Morgan fingerprint density at radius 2 is 1.94 bits per heavy atom. The molecule has 6 nitrogen and oxygen atoms in total. The summed E-state index contributed by atoms with van der Waals surface area (Å²) in [6, 6.07) is 5.47. The van der Waals surface area contributed by atoms with Gasteiger partial charge in [-0.25, -0.2) is 0 Å². The molecule has 1 aromatic carbocycles. The quantitative estimate of drug-likeness (QED) is 0.497. The second-order valence-electron chi connectivity index (χ2n) is 3.96. The van der Waals surface area contributed by atoms with E-state index in [-0.39, 0.29) is 11.6 Å². The minimum Gasteiger partial charge on any atom is -0.366 e. The van der Waals surface area contributed by atoms with Crippen molar-refractivity contribution < 1.29 is 14.8 Å². The summed E-state index contributed by atoms with van der Waals surface area (Å²) in [5.41, 5.74) is -1.06. The number of nitrogens with zero attached hydrogens (tertiary/aromatic N) is 2. The Hall–Kier alpha value is -1.48. The fraction of sp³-hybridized carbons (Fsp3) is 0.182. The molecule has 18 heavy (non-hydrogen) atoms. The van der Waals surface area contributed by atoms with E-state index in [1.165, 1.54) is 42.2 Å². The van der Waals surface area contributed by atoms with Crippen molar-refractivity contribution in [2.24, 2.45) is 0 Å². The maximum atomic E-state index is 11.8. The number of halogens is 1. The summed E-state index contributed by atoms with van der Waals surface area (Å²) >= 11 is 1.89. The van der Waals surface area contributed by atoms with Crippen LogP contribution >= 0.6 is 22.6 Å². The van der Waals surface area contributed by atoms with Gasteiger partial charge in [0.2, 0.25) is 0 Å². The number of aliphatic hydroxyl groups is 1. The van der Waals surface area contributed by atoms with Gasteiger partial charge in [-0.3, -0.25) is 19.8 Å². The molecule has 1 aromatic rings. The van der Waals surface area contributed by atoms with Crippen LogP contribution in [0.5, 0.6) is 0 Å². The zero-order valence-corrected chi connectivity index (χ0v) is 11.5. The van der Waals surface area contributed by atoms with Gasteiger partial charge in [-0.15, -0.1) is 0 Å². The van der Waals surface area contributed by atoms with Crippen molar-refractivity contribution in [3.63, 3.8) is 0 Å². The molecule has 1 aliphatic rings. The molecule has 0 aromatic heterocycles. The molecule has 2 rings (SSSR count). The maximum Gasteiger partial charge on any atom is 0.269 e. The van der Waals surface area contributed by atoms with Crippen LogP contribution in [0.25, 0.3) is 0 Å². The summed E-state index contributed by atoms with van der Waals surface area (Å²) in [6.07, 6.45) is 1.34. The molecule has 1 N–H and O–H groups in total. The number of non-ortho nitro benzene ring substituents is 1. The molecule has 1 amide bonds. The van der Waals surface area contributed by atoms with Crippen LogP contribution in [-0.4, -0.2) is 21.7 Å². The lowest BCUT2D eigenvalue weighted by Gasteiger charge is -2.31. The van der Waals surface area contributed by atoms with Crippen molar-refractivity contribution in [2.45, 2.75) is 12.6 Å². The number of carbonyl (C=O) groups excluding carboxylic acids is 1. The van der Waals surface area contributed by atoms with E-state index < -0.39 is 10.6 Å². The van der Waals surface area contributed by atoms with Gasteiger partial charge in [-0.05, 0) is 41.6 Å². The Morgan fingerprint density at radius 3 is 2.33 bits per heavy atom. The first-order valence-corrected chi connectivity index (χ1v) is 6.10. The Bertz CT molecular complexity index is 551. The average Bonchev–Trinajstić information content (AvgIpc) is 2.48. The number of hydrogen-bond acceptors (Lipinski definition) is 4. The van der Waals surface area contributed by atoms with Gasteiger partial charge in [-0.1, -0.05) is 0 Å². The normalized spacial score (nSPS) is 23.2. The molecule has 0 unspecified atom stereocenters. The fourth-order valence-electron chi connectivity index (χ4n) is 1.73. The summed E-state index contributed by atoms with van der Waals surface area (Å²) in [5.74, 6) is -0.349. The topological polar surface area (TPSA) is 83.7 Å². The fourth-order valence-corrected chi connectivity index (χ4v) is 2.24. The zero-order valence-electron chi connectivity index (χ0n) is 9.33. The minimum absolute atomic E-state index is 0.0623. The first kappa shape index (κ1) is 13.0. The number of benzene rings is 1. The average molecular weight is 360 g/mol. The van der Waals surface area contributed by atoms with Gasteiger partial charge >= 0.3 is 0 Å². The highest BCUT2D eigenvalue weighted by Crippen LogP contribution is 2.37. The Balaban J connectivity index is 2.38. The second kappa shape index (κ2) is 4.32. The Morgan fingerprint density at radius 1 is 1.39 bits per heavy atom. The van der Waals surface area contributed by atoms with Crippen LogP contribution in [0.1, 0.15) is 6.92 Å². The smallest absolute Gasteiger partial charge is 0.269 e. The van der Waals surface area contributed by atoms with Crippen LogP contribution in [0.2, 0.25) is 0 Å².